The molecule has 25 heteroatoms. The van der Waals surface area contributed by atoms with E-state index in [1.165, 1.54) is 26.9 Å². The molecule has 4 amide bonds. The van der Waals surface area contributed by atoms with Crippen molar-refractivity contribution in [2.75, 3.05) is 80.3 Å². The Morgan fingerprint density at radius 2 is 1.18 bits per heavy atom. The van der Waals surface area contributed by atoms with Crippen LogP contribution in [0.3, 0.4) is 0 Å². The van der Waals surface area contributed by atoms with Crippen molar-refractivity contribution in [3.63, 3.8) is 0 Å². The van der Waals surface area contributed by atoms with E-state index in [1.807, 2.05) is 188 Å². The molecule has 0 unspecified atom stereocenters. The lowest BCUT2D eigenvalue weighted by atomic mass is 9.74. The summed E-state index contributed by atoms with van der Waals surface area (Å²) in [4.78, 5) is 73.2. The minimum Gasteiger partial charge on any atom is -0.497 e. The van der Waals surface area contributed by atoms with Gasteiger partial charge in [-0.3, -0.25) is 14.2 Å². The van der Waals surface area contributed by atoms with Crippen molar-refractivity contribution in [3.8, 4) is 23.0 Å². The summed E-state index contributed by atoms with van der Waals surface area (Å²) in [5.74, 6) is 2.66. The van der Waals surface area contributed by atoms with Gasteiger partial charge in [-0.1, -0.05) is 152 Å². The molecule has 24 nitrogen and oxygen atoms in total. The van der Waals surface area contributed by atoms with Gasteiger partial charge < -0.3 is 78.6 Å². The van der Waals surface area contributed by atoms with Crippen molar-refractivity contribution in [2.45, 2.75) is 123 Å². The summed E-state index contributed by atoms with van der Waals surface area (Å²) in [6.45, 7) is -0.538. The van der Waals surface area contributed by atoms with Crippen LogP contribution in [0.25, 0.3) is 11.2 Å². The van der Waals surface area contributed by atoms with Gasteiger partial charge in [-0.2, -0.15) is 11.8 Å². The van der Waals surface area contributed by atoms with E-state index in [0.29, 0.717) is 78.6 Å². The second-order valence-electron chi connectivity index (χ2n) is 26.4. The number of carbonyl (C=O) groups is 4. The fourth-order valence-corrected chi connectivity index (χ4v) is 16.3. The highest BCUT2D eigenvalue weighted by atomic mass is 32.2. The van der Waals surface area contributed by atoms with Gasteiger partial charge in [0.25, 0.3) is 0 Å². The molecule has 9 aromatic rings. The van der Waals surface area contributed by atoms with E-state index in [1.54, 1.807) is 33.0 Å². The fraction of sp³-hybridized carbons (Fsp3) is 0.378. The number of thioether (sulfide) groups is 1. The van der Waals surface area contributed by atoms with Gasteiger partial charge in [-0.05, 0) is 113 Å². The number of esters is 1. The van der Waals surface area contributed by atoms with Crippen LogP contribution in [0.5, 0.6) is 23.0 Å². The summed E-state index contributed by atoms with van der Waals surface area (Å²) in [6.07, 6.45) is 2.11. The number of urea groups is 1. The molecular formula is C82H93N9O15S. The standard InChI is InChI=1S/C82H93N9O15S/c1-97-61-38-30-56(31-39-61)81(55-23-13-8-14-24-55,57-32-40-62(98-2)41-33-57)89-76-73-77(85-51-84-76)90(52-86-73)78-75(104-53-103-49-71(101-5)102-6)74(67(48-92)105-78)106-79(95)65(47-54-21-11-7-12-22-54)87-70(94)29-17-10-20-46-83-69(93)28-19-18-27-68-72-66(50-107-68)91(80(96)88-72)82(58-25-15-9-16-26-58,59-34-42-63(99-3)43-35-59)60-36-44-64(100-4)45-37-60/h7-9,11-16,21-26,30-45,51-52,65-68,71-72,74-75,78,92H,10,17-20,27-29,46-50,53H2,1-6H3,(H,83,93)(H,87,94)(H,88,96)(H,84,85,89)/t65-,66-,67+,68-,72-,74+,75+,78+/m0/s1. The number of nitrogens with zero attached hydrogens (tertiary/aromatic N) is 5. The number of unbranched alkanes of at least 4 members (excludes halogenated alkanes) is 3. The van der Waals surface area contributed by atoms with Crippen molar-refractivity contribution in [3.05, 3.63) is 240 Å². The summed E-state index contributed by atoms with van der Waals surface area (Å²) in [5.41, 5.74) is 4.73. The van der Waals surface area contributed by atoms with Crippen LogP contribution < -0.4 is 40.2 Å². The molecule has 0 aliphatic carbocycles. The van der Waals surface area contributed by atoms with Gasteiger partial charge in [0.2, 0.25) is 11.8 Å². The zero-order chi connectivity index (χ0) is 74.7. The minimum atomic E-state index is -1.27. The van der Waals surface area contributed by atoms with E-state index in [-0.39, 0.29) is 61.4 Å². The maximum absolute atomic E-state index is 14.8. The Balaban J connectivity index is 0.673. The molecule has 12 rings (SSSR count). The highest BCUT2D eigenvalue weighted by Crippen LogP contribution is 2.50. The summed E-state index contributed by atoms with van der Waals surface area (Å²) in [5, 5.41) is 24.5. The number of anilines is 1. The number of ether oxygens (including phenoxy) is 10. The third-order valence-electron chi connectivity index (χ3n) is 20.2. The highest BCUT2D eigenvalue weighted by Gasteiger charge is 2.57. The van der Waals surface area contributed by atoms with E-state index in [2.05, 4.69) is 38.3 Å². The number of rotatable bonds is 38. The first-order valence-electron chi connectivity index (χ1n) is 36.1. The second kappa shape index (κ2) is 36.5. The number of nitrogens with one attached hydrogen (secondary N) is 4. The van der Waals surface area contributed by atoms with Crippen LogP contribution in [-0.4, -0.2) is 176 Å². The van der Waals surface area contributed by atoms with Crippen molar-refractivity contribution >= 4 is 52.6 Å². The van der Waals surface area contributed by atoms with Gasteiger partial charge in [0, 0.05) is 51.0 Å². The lowest BCUT2D eigenvalue weighted by Gasteiger charge is -2.45. The van der Waals surface area contributed by atoms with Gasteiger partial charge in [0.1, 0.15) is 72.1 Å². The van der Waals surface area contributed by atoms with Crippen molar-refractivity contribution in [1.29, 1.82) is 0 Å². The number of methoxy groups -OCH3 is 6. The van der Waals surface area contributed by atoms with Crippen LogP contribution in [0, 0.1) is 0 Å². The minimum absolute atomic E-state index is 0.0220. The lowest BCUT2D eigenvalue weighted by Crippen LogP contribution is -2.53. The number of aliphatic hydroxyl groups is 1. The molecule has 562 valence electrons. The molecule has 8 atom stereocenters. The van der Waals surface area contributed by atoms with Gasteiger partial charge in [-0.25, -0.2) is 24.5 Å². The average Bonchev–Trinajstić information content (AvgIpc) is 1.68. The molecule has 0 radical (unpaired) electrons. The molecule has 0 bridgehead atoms. The van der Waals surface area contributed by atoms with Gasteiger partial charge in [0.15, 0.2) is 35.6 Å². The maximum Gasteiger partial charge on any atom is 0.329 e. The van der Waals surface area contributed by atoms with E-state index in [9.17, 15) is 24.3 Å². The normalized spacial score (nSPS) is 18.7. The molecule has 107 heavy (non-hydrogen) atoms. The quantitative estimate of drug-likeness (QED) is 0.00791. The highest BCUT2D eigenvalue weighted by molar-refractivity contribution is 8.00. The Labute approximate surface area is 627 Å². The Kier molecular flexibility index (Phi) is 26.1. The molecule has 0 saturated carbocycles. The smallest absolute Gasteiger partial charge is 0.329 e. The maximum atomic E-state index is 14.8. The zero-order valence-corrected chi connectivity index (χ0v) is 61.8. The molecule has 7 aromatic carbocycles. The topological polar surface area (TPSA) is 276 Å². The van der Waals surface area contributed by atoms with E-state index in [0.717, 1.165) is 57.5 Å². The molecular weight excluding hydrogens is 1380 g/mol. The Morgan fingerprint density at radius 1 is 0.636 bits per heavy atom. The number of hydrogen-bond donors (Lipinski definition) is 5. The summed E-state index contributed by atoms with van der Waals surface area (Å²) in [7, 11) is 9.48. The van der Waals surface area contributed by atoms with Crippen molar-refractivity contribution in [2.24, 2.45) is 0 Å². The van der Waals surface area contributed by atoms with Crippen LogP contribution in [0.2, 0.25) is 0 Å². The van der Waals surface area contributed by atoms with Crippen LogP contribution >= 0.6 is 11.8 Å². The number of aliphatic hydroxyl groups excluding tert-OH is 1. The number of benzene rings is 7. The SMILES string of the molecule is COc1ccc(C(Nc2ncnc3c2ncn3[C@@H]2O[C@H](CO)[C@@H](OC(=O)[C@H](Cc3ccccc3)NC(=O)CCCCCNC(=O)CCCC[C@@H]3SC[C@H]4[C@@H]3NC(=O)N4C(c3ccccc3)(c3ccc(OC)cc3)c3ccc(OC)cc3)[C@H]2OCOCC(OC)OC)(c2ccccc2)c2ccc(OC)cc2)cc1. The van der Waals surface area contributed by atoms with Crippen LogP contribution in [-0.2, 0) is 60.3 Å². The molecule has 5 N–H and O–H groups in total. The number of imidazole rings is 1. The first-order valence-corrected chi connectivity index (χ1v) is 37.1. The Hall–Kier alpha value is -10.1. The monoisotopic (exact) mass is 1480 g/mol. The third-order valence-corrected chi connectivity index (χ3v) is 21.7. The van der Waals surface area contributed by atoms with Crippen LogP contribution in [0.1, 0.15) is 96.5 Å². The number of fused-ring (bicyclic) bond motifs is 2. The number of hydrogen-bond acceptors (Lipinski definition) is 20. The molecule has 3 saturated heterocycles. The molecule has 0 spiro atoms. The van der Waals surface area contributed by atoms with Crippen molar-refractivity contribution < 1.29 is 71.7 Å². The lowest BCUT2D eigenvalue weighted by molar-refractivity contribution is -0.192. The summed E-state index contributed by atoms with van der Waals surface area (Å²) < 4.78 is 60.1. The third kappa shape index (κ3) is 17.2. The summed E-state index contributed by atoms with van der Waals surface area (Å²) >= 11 is 1.87. The molecule has 2 aromatic heterocycles. The number of amides is 4. The van der Waals surface area contributed by atoms with E-state index < -0.39 is 60.5 Å². The Morgan fingerprint density at radius 3 is 1.76 bits per heavy atom. The largest absolute Gasteiger partial charge is 0.497 e. The second-order valence-corrected chi connectivity index (χ2v) is 27.7. The van der Waals surface area contributed by atoms with Gasteiger partial charge >= 0.3 is 12.0 Å². The Bertz CT molecular complexity index is 4240. The molecule has 3 fully saturated rings. The van der Waals surface area contributed by atoms with Gasteiger partial charge in [0.05, 0.1) is 53.5 Å². The van der Waals surface area contributed by atoms with E-state index in [4.69, 9.17) is 62.3 Å². The van der Waals surface area contributed by atoms with Crippen molar-refractivity contribution in [1.82, 2.24) is 40.4 Å². The fourth-order valence-electron chi connectivity index (χ4n) is 14.7. The predicted octanol–water partition coefficient (Wildman–Crippen LogP) is 10.9. The average molecular weight is 1480 g/mol. The first-order chi connectivity index (χ1) is 52.4. The summed E-state index contributed by atoms with van der Waals surface area (Å²) in [6, 6.07) is 59.3. The number of aromatic nitrogens is 4. The van der Waals surface area contributed by atoms with E-state index >= 15 is 0 Å². The predicted molar refractivity (Wildman–Crippen MR) is 404 cm³/mol. The van der Waals surface area contributed by atoms with Gasteiger partial charge in [-0.15, -0.1) is 0 Å². The van der Waals surface area contributed by atoms with Crippen LogP contribution in [0.15, 0.2) is 201 Å². The molecule has 5 heterocycles. The molecule has 3 aliphatic heterocycles. The first kappa shape index (κ1) is 76.5. The number of carbonyl (C=O) groups excluding carboxylic acids is 4. The molecule has 3 aliphatic rings. The van der Waals surface area contributed by atoms with Crippen LogP contribution in [0.4, 0.5) is 10.6 Å². The zero-order valence-electron chi connectivity index (χ0n) is 61.0.